The average Bonchev–Trinajstić information content (AvgIpc) is 2.15. The predicted octanol–water partition coefficient (Wildman–Crippen LogP) is 2.68. The van der Waals surface area contributed by atoms with E-state index in [1.54, 1.807) is 0 Å². The number of carbonyl (C=O) groups is 1. The third-order valence-corrected chi connectivity index (χ3v) is 2.07. The van der Waals surface area contributed by atoms with Gasteiger partial charge in [-0.25, -0.2) is 0 Å². The normalized spacial score (nSPS) is 11.4. The van der Waals surface area contributed by atoms with E-state index >= 15 is 0 Å². The molecule has 0 saturated heterocycles. The lowest BCUT2D eigenvalue weighted by molar-refractivity contribution is -0.137. The number of carboxylic acids is 1. The monoisotopic (exact) mass is 204 g/mol. The van der Waals surface area contributed by atoms with Crippen LogP contribution in [0.2, 0.25) is 0 Å². The Bertz CT molecular complexity index is 124. The van der Waals surface area contributed by atoms with Crippen molar-refractivity contribution in [3.05, 3.63) is 0 Å². The Morgan fingerprint density at radius 2 is 1.93 bits per heavy atom. The van der Waals surface area contributed by atoms with Crippen molar-refractivity contribution in [3.63, 3.8) is 0 Å². The fraction of sp³-hybridized carbons (Fsp3) is 0.909. The average molecular weight is 204 g/mol. The van der Waals surface area contributed by atoms with Gasteiger partial charge in [-0.3, -0.25) is 4.79 Å². The van der Waals surface area contributed by atoms with E-state index in [0.717, 1.165) is 5.92 Å². The number of hydrogen-bond donors (Lipinski definition) is 2. The van der Waals surface area contributed by atoms with Crippen molar-refractivity contribution in [1.82, 2.24) is 0 Å². The van der Waals surface area contributed by atoms with Crippen LogP contribution in [0.5, 0.6) is 0 Å². The van der Waals surface area contributed by atoms with Crippen molar-refractivity contribution in [2.45, 2.75) is 52.9 Å². The molecule has 0 bridgehead atoms. The Hall–Kier alpha value is -0.570. The van der Waals surface area contributed by atoms with Crippen LogP contribution in [-0.4, -0.2) is 22.8 Å². The van der Waals surface area contributed by atoms with Gasteiger partial charge in [0.15, 0.2) is 0 Å². The van der Waals surface area contributed by atoms with Gasteiger partial charge >= 0.3 is 5.97 Å². The molecule has 86 valence electrons. The van der Waals surface area contributed by atoms with Gasteiger partial charge in [0.25, 0.3) is 0 Å². The van der Waals surface area contributed by atoms with Gasteiger partial charge in [0.05, 0.1) is 13.0 Å². The topological polar surface area (TPSA) is 57.5 Å². The molecule has 0 aromatic carbocycles. The van der Waals surface area contributed by atoms with Gasteiger partial charge < -0.3 is 10.2 Å². The van der Waals surface area contributed by atoms with Gasteiger partial charge in [0.1, 0.15) is 0 Å². The minimum Gasteiger partial charge on any atom is -0.481 e. The van der Waals surface area contributed by atoms with Crippen LogP contribution >= 0.6 is 0 Å². The molecule has 0 radical (unpaired) electrons. The second kappa shape index (κ2) is 12.4. The molecule has 3 heteroatoms. The maximum absolute atomic E-state index is 9.44. The SMILES string of the molecule is CCCCC(C)CC.O=C(O)CCO. The lowest BCUT2D eigenvalue weighted by atomic mass is 10.0. The highest BCUT2D eigenvalue weighted by Gasteiger charge is 1.94. The first-order chi connectivity index (χ1) is 6.58. The van der Waals surface area contributed by atoms with E-state index < -0.39 is 5.97 Å². The quantitative estimate of drug-likeness (QED) is 0.699. The molecule has 0 saturated carbocycles. The zero-order valence-corrected chi connectivity index (χ0v) is 9.62. The lowest BCUT2D eigenvalue weighted by Crippen LogP contribution is -1.96. The van der Waals surface area contributed by atoms with Crippen molar-refractivity contribution < 1.29 is 15.0 Å². The van der Waals surface area contributed by atoms with Crippen LogP contribution in [0.1, 0.15) is 52.9 Å². The second-order valence-corrected chi connectivity index (χ2v) is 3.52. The van der Waals surface area contributed by atoms with Crippen molar-refractivity contribution in [3.8, 4) is 0 Å². The van der Waals surface area contributed by atoms with Gasteiger partial charge in [0, 0.05) is 0 Å². The number of aliphatic hydroxyl groups excluding tert-OH is 1. The molecule has 1 unspecified atom stereocenters. The Morgan fingerprint density at radius 1 is 1.36 bits per heavy atom. The summed E-state index contributed by atoms with van der Waals surface area (Å²) in [6.45, 7) is 6.58. The minimum absolute atomic E-state index is 0.153. The summed E-state index contributed by atoms with van der Waals surface area (Å²) in [4.78, 5) is 9.44. The molecule has 0 amide bonds. The highest BCUT2D eigenvalue weighted by molar-refractivity contribution is 5.66. The lowest BCUT2D eigenvalue weighted by Gasteiger charge is -2.04. The summed E-state index contributed by atoms with van der Waals surface area (Å²) >= 11 is 0. The molecule has 1 atom stereocenters. The summed E-state index contributed by atoms with van der Waals surface area (Å²) in [6.07, 6.45) is 5.38. The van der Waals surface area contributed by atoms with Gasteiger partial charge in [0.2, 0.25) is 0 Å². The highest BCUT2D eigenvalue weighted by atomic mass is 16.4. The fourth-order valence-corrected chi connectivity index (χ4v) is 0.852. The molecule has 0 rings (SSSR count). The summed E-state index contributed by atoms with van der Waals surface area (Å²) in [5.74, 6) is -0.00699. The standard InChI is InChI=1S/C8H18.C3H6O3/c1-4-6-7-8(3)5-2;4-2-1-3(5)6/h8H,4-7H2,1-3H3;4H,1-2H2,(H,5,6). The van der Waals surface area contributed by atoms with E-state index in [1.165, 1.54) is 25.7 Å². The van der Waals surface area contributed by atoms with E-state index in [-0.39, 0.29) is 13.0 Å². The van der Waals surface area contributed by atoms with Crippen LogP contribution in [0, 0.1) is 5.92 Å². The van der Waals surface area contributed by atoms with Crippen LogP contribution in [-0.2, 0) is 4.79 Å². The van der Waals surface area contributed by atoms with Crippen molar-refractivity contribution in [2.24, 2.45) is 5.92 Å². The molecule has 0 aliphatic heterocycles. The number of hydrogen-bond acceptors (Lipinski definition) is 2. The van der Waals surface area contributed by atoms with Gasteiger partial charge in [-0.1, -0.05) is 46.5 Å². The number of unbranched alkanes of at least 4 members (excludes halogenated alkanes) is 1. The van der Waals surface area contributed by atoms with Crippen LogP contribution in [0.3, 0.4) is 0 Å². The molecule has 0 fully saturated rings. The third-order valence-electron chi connectivity index (χ3n) is 2.07. The summed E-state index contributed by atoms with van der Waals surface area (Å²) < 4.78 is 0. The number of carboxylic acid groups (broad SMARTS) is 1. The molecule has 0 aromatic heterocycles. The molecule has 0 heterocycles. The fourth-order valence-electron chi connectivity index (χ4n) is 0.852. The molecule has 0 aliphatic rings. The van der Waals surface area contributed by atoms with E-state index in [0.29, 0.717) is 0 Å². The highest BCUT2D eigenvalue weighted by Crippen LogP contribution is 2.09. The zero-order chi connectivity index (χ0) is 11.4. The zero-order valence-electron chi connectivity index (χ0n) is 9.62. The van der Waals surface area contributed by atoms with Crippen molar-refractivity contribution in [2.75, 3.05) is 6.61 Å². The number of aliphatic hydroxyl groups is 1. The summed E-state index contributed by atoms with van der Waals surface area (Å²) in [5, 5.41) is 15.6. The summed E-state index contributed by atoms with van der Waals surface area (Å²) in [6, 6.07) is 0. The number of rotatable bonds is 6. The maximum Gasteiger partial charge on any atom is 0.305 e. The Kier molecular flexibility index (Phi) is 14.1. The van der Waals surface area contributed by atoms with E-state index in [1.807, 2.05) is 0 Å². The maximum atomic E-state index is 9.44. The van der Waals surface area contributed by atoms with E-state index in [2.05, 4.69) is 20.8 Å². The van der Waals surface area contributed by atoms with Crippen molar-refractivity contribution >= 4 is 5.97 Å². The van der Waals surface area contributed by atoms with E-state index in [4.69, 9.17) is 10.2 Å². The van der Waals surface area contributed by atoms with Crippen LogP contribution in [0.15, 0.2) is 0 Å². The first-order valence-corrected chi connectivity index (χ1v) is 5.41. The molecule has 3 nitrogen and oxygen atoms in total. The van der Waals surface area contributed by atoms with Crippen molar-refractivity contribution in [1.29, 1.82) is 0 Å². The Morgan fingerprint density at radius 3 is 2.14 bits per heavy atom. The molecule has 0 spiro atoms. The summed E-state index contributed by atoms with van der Waals surface area (Å²) in [5.41, 5.74) is 0. The molecule has 0 aliphatic carbocycles. The van der Waals surface area contributed by atoms with Crippen LogP contribution in [0.25, 0.3) is 0 Å². The smallest absolute Gasteiger partial charge is 0.305 e. The predicted molar refractivity (Wildman–Crippen MR) is 58.3 cm³/mol. The van der Waals surface area contributed by atoms with Crippen LogP contribution in [0.4, 0.5) is 0 Å². The Balaban J connectivity index is 0. The van der Waals surface area contributed by atoms with Gasteiger partial charge in [-0.2, -0.15) is 0 Å². The Labute approximate surface area is 87.1 Å². The molecule has 2 N–H and O–H groups in total. The summed E-state index contributed by atoms with van der Waals surface area (Å²) in [7, 11) is 0. The van der Waals surface area contributed by atoms with Gasteiger partial charge in [-0.05, 0) is 5.92 Å². The molecular formula is C11H24O3. The largest absolute Gasteiger partial charge is 0.481 e. The van der Waals surface area contributed by atoms with Gasteiger partial charge in [-0.15, -0.1) is 0 Å². The molecule has 14 heavy (non-hydrogen) atoms. The molecular weight excluding hydrogens is 180 g/mol. The minimum atomic E-state index is -0.961. The van der Waals surface area contributed by atoms with E-state index in [9.17, 15) is 4.79 Å². The first kappa shape index (κ1) is 15.9. The third kappa shape index (κ3) is 17.5. The van der Waals surface area contributed by atoms with Crippen LogP contribution < -0.4 is 0 Å². The number of aliphatic carboxylic acids is 1. The second-order valence-electron chi connectivity index (χ2n) is 3.52. The molecule has 0 aromatic rings. The first-order valence-electron chi connectivity index (χ1n) is 5.41.